The Morgan fingerprint density at radius 1 is 1.12 bits per heavy atom. The Morgan fingerprint density at radius 3 is 2.47 bits per heavy atom. The molecule has 0 aliphatic rings. The summed E-state index contributed by atoms with van der Waals surface area (Å²) in [6.07, 6.45) is 0. The third kappa shape index (κ3) is 4.42. The van der Waals surface area contributed by atoms with Crippen LogP contribution in [0.2, 0.25) is 0 Å². The number of fused-ring (bicyclic) bond motifs is 1. The van der Waals surface area contributed by atoms with Crippen molar-refractivity contribution in [2.24, 2.45) is 0 Å². The van der Waals surface area contributed by atoms with E-state index in [4.69, 9.17) is 4.74 Å². The molecule has 0 bridgehead atoms. The summed E-state index contributed by atoms with van der Waals surface area (Å²) in [5.74, 6) is 0.681. The maximum Gasteiger partial charge on any atom is 0.276 e. The molecule has 2 heterocycles. The lowest BCUT2D eigenvalue weighted by atomic mass is 10.1. The van der Waals surface area contributed by atoms with Crippen LogP contribution in [0.3, 0.4) is 0 Å². The zero-order valence-electron chi connectivity index (χ0n) is 18.3. The summed E-state index contributed by atoms with van der Waals surface area (Å²) in [5.41, 5.74) is 5.19. The SMILES string of the molecule is COc1ccc(-n2c(SCC(=O)Nc3c(C)cc(C)cc3C)nc3ccsc3c2=O)cc1. The second-order valence-electron chi connectivity index (χ2n) is 7.48. The van der Waals surface area contributed by atoms with E-state index in [0.29, 0.717) is 26.8 Å². The van der Waals surface area contributed by atoms with Crippen molar-refractivity contribution in [3.05, 3.63) is 74.9 Å². The summed E-state index contributed by atoms with van der Waals surface area (Å²) in [7, 11) is 1.60. The number of anilines is 1. The molecule has 2 aromatic carbocycles. The monoisotopic (exact) mass is 465 g/mol. The minimum absolute atomic E-state index is 0.130. The number of carbonyl (C=O) groups is 1. The molecule has 1 N–H and O–H groups in total. The molecule has 4 rings (SSSR count). The third-order valence-corrected chi connectivity index (χ3v) is 6.88. The van der Waals surface area contributed by atoms with Gasteiger partial charge < -0.3 is 10.1 Å². The Balaban J connectivity index is 1.64. The summed E-state index contributed by atoms with van der Waals surface area (Å²) < 4.78 is 7.36. The number of hydrogen-bond donors (Lipinski definition) is 1. The van der Waals surface area contributed by atoms with E-state index in [-0.39, 0.29) is 17.2 Å². The Bertz CT molecular complexity index is 1330. The molecule has 0 spiro atoms. The van der Waals surface area contributed by atoms with Crippen LogP contribution in [-0.4, -0.2) is 28.3 Å². The zero-order chi connectivity index (χ0) is 22.8. The fraction of sp³-hybridized carbons (Fsp3) is 0.208. The molecule has 8 heteroatoms. The van der Waals surface area contributed by atoms with Crippen molar-refractivity contribution in [1.82, 2.24) is 9.55 Å². The van der Waals surface area contributed by atoms with Gasteiger partial charge in [0.1, 0.15) is 10.4 Å². The molecule has 0 unspecified atom stereocenters. The predicted octanol–water partition coefficient (Wildman–Crippen LogP) is 5.11. The number of nitrogens with one attached hydrogen (secondary N) is 1. The van der Waals surface area contributed by atoms with Crippen molar-refractivity contribution in [2.45, 2.75) is 25.9 Å². The lowest BCUT2D eigenvalue weighted by Gasteiger charge is -2.14. The smallest absolute Gasteiger partial charge is 0.276 e. The molecule has 6 nitrogen and oxygen atoms in total. The number of hydrogen-bond acceptors (Lipinski definition) is 6. The van der Waals surface area contributed by atoms with Crippen LogP contribution < -0.4 is 15.6 Å². The number of thiophene rings is 1. The molecule has 164 valence electrons. The van der Waals surface area contributed by atoms with Crippen molar-refractivity contribution >= 4 is 44.9 Å². The van der Waals surface area contributed by atoms with Crippen molar-refractivity contribution in [1.29, 1.82) is 0 Å². The summed E-state index contributed by atoms with van der Waals surface area (Å²) >= 11 is 2.60. The van der Waals surface area contributed by atoms with Gasteiger partial charge in [0, 0.05) is 5.69 Å². The van der Waals surface area contributed by atoms with E-state index in [1.165, 1.54) is 23.1 Å². The van der Waals surface area contributed by atoms with Gasteiger partial charge in [-0.15, -0.1) is 11.3 Å². The van der Waals surface area contributed by atoms with Gasteiger partial charge in [0.15, 0.2) is 5.16 Å². The summed E-state index contributed by atoms with van der Waals surface area (Å²) in [6, 6.07) is 13.1. The molecule has 0 radical (unpaired) electrons. The van der Waals surface area contributed by atoms with Gasteiger partial charge >= 0.3 is 0 Å². The number of aryl methyl sites for hydroxylation is 3. The molecule has 1 amide bonds. The fourth-order valence-electron chi connectivity index (χ4n) is 3.63. The standard InChI is InChI=1S/C24H23N3O3S2/c1-14-11-15(2)21(16(3)12-14)26-20(28)13-32-24-25-19-9-10-31-22(19)23(29)27(24)17-5-7-18(30-4)8-6-17/h5-12H,13H2,1-4H3,(H,26,28). The number of amides is 1. The Labute approximate surface area is 194 Å². The van der Waals surface area contributed by atoms with Gasteiger partial charge in [-0.25, -0.2) is 4.98 Å². The van der Waals surface area contributed by atoms with Crippen LogP contribution in [0.4, 0.5) is 5.69 Å². The molecule has 0 atom stereocenters. The van der Waals surface area contributed by atoms with Crippen molar-refractivity contribution in [3.63, 3.8) is 0 Å². The average molecular weight is 466 g/mol. The highest BCUT2D eigenvalue weighted by molar-refractivity contribution is 7.99. The molecular weight excluding hydrogens is 442 g/mol. The average Bonchev–Trinajstić information content (AvgIpc) is 3.24. The lowest BCUT2D eigenvalue weighted by molar-refractivity contribution is -0.113. The minimum Gasteiger partial charge on any atom is -0.497 e. The molecule has 0 fully saturated rings. The van der Waals surface area contributed by atoms with Gasteiger partial charge in [0.2, 0.25) is 5.91 Å². The van der Waals surface area contributed by atoms with Gasteiger partial charge in [-0.05, 0) is 67.6 Å². The van der Waals surface area contributed by atoms with Gasteiger partial charge in [-0.2, -0.15) is 0 Å². The normalized spacial score (nSPS) is 11.0. The number of aromatic nitrogens is 2. The number of benzene rings is 2. The van der Waals surface area contributed by atoms with Crippen LogP contribution in [0, 0.1) is 20.8 Å². The van der Waals surface area contributed by atoms with Crippen LogP contribution in [0.15, 0.2) is 57.8 Å². The molecule has 0 saturated carbocycles. The van der Waals surface area contributed by atoms with E-state index in [1.54, 1.807) is 23.8 Å². The van der Waals surface area contributed by atoms with E-state index in [0.717, 1.165) is 22.4 Å². The maximum atomic E-state index is 13.2. The van der Waals surface area contributed by atoms with Gasteiger partial charge in [0.05, 0.1) is 24.1 Å². The Hall–Kier alpha value is -3.10. The molecule has 0 aliphatic heterocycles. The second kappa shape index (κ2) is 9.18. The third-order valence-electron chi connectivity index (χ3n) is 5.05. The van der Waals surface area contributed by atoms with Gasteiger partial charge in [-0.1, -0.05) is 29.5 Å². The van der Waals surface area contributed by atoms with E-state index in [2.05, 4.69) is 10.3 Å². The molecule has 0 aliphatic carbocycles. The van der Waals surface area contributed by atoms with Crippen molar-refractivity contribution in [2.75, 3.05) is 18.2 Å². The van der Waals surface area contributed by atoms with Gasteiger partial charge in [0.25, 0.3) is 5.56 Å². The highest BCUT2D eigenvalue weighted by Crippen LogP contribution is 2.26. The number of rotatable bonds is 6. The number of methoxy groups -OCH3 is 1. The van der Waals surface area contributed by atoms with E-state index >= 15 is 0 Å². The highest BCUT2D eigenvalue weighted by Gasteiger charge is 2.16. The summed E-state index contributed by atoms with van der Waals surface area (Å²) in [4.78, 5) is 30.6. The molecular formula is C24H23N3O3S2. The number of nitrogens with zero attached hydrogens (tertiary/aromatic N) is 2. The predicted molar refractivity (Wildman–Crippen MR) is 132 cm³/mol. The molecule has 4 aromatic rings. The molecule has 0 saturated heterocycles. The zero-order valence-corrected chi connectivity index (χ0v) is 19.9. The first-order valence-electron chi connectivity index (χ1n) is 10.0. The van der Waals surface area contributed by atoms with Crippen molar-refractivity contribution < 1.29 is 9.53 Å². The summed E-state index contributed by atoms with van der Waals surface area (Å²) in [6.45, 7) is 6.00. The maximum absolute atomic E-state index is 13.2. The topological polar surface area (TPSA) is 73.2 Å². The first-order valence-corrected chi connectivity index (χ1v) is 11.9. The van der Waals surface area contributed by atoms with Crippen molar-refractivity contribution in [3.8, 4) is 11.4 Å². The van der Waals surface area contributed by atoms with Gasteiger partial charge in [-0.3, -0.25) is 14.2 Å². The van der Waals surface area contributed by atoms with Crippen LogP contribution in [0.5, 0.6) is 5.75 Å². The minimum atomic E-state index is -0.150. The summed E-state index contributed by atoms with van der Waals surface area (Å²) in [5, 5.41) is 5.33. The molecule has 2 aromatic heterocycles. The largest absolute Gasteiger partial charge is 0.497 e. The number of ether oxygens (including phenoxy) is 1. The fourth-order valence-corrected chi connectivity index (χ4v) is 5.20. The number of carbonyl (C=O) groups excluding carboxylic acids is 1. The molecule has 32 heavy (non-hydrogen) atoms. The second-order valence-corrected chi connectivity index (χ2v) is 9.34. The van der Waals surface area contributed by atoms with Crippen LogP contribution >= 0.6 is 23.1 Å². The van der Waals surface area contributed by atoms with E-state index in [1.807, 2.05) is 56.5 Å². The Kier molecular flexibility index (Phi) is 6.34. The first kappa shape index (κ1) is 22.1. The highest BCUT2D eigenvalue weighted by atomic mass is 32.2. The van der Waals surface area contributed by atoms with E-state index < -0.39 is 0 Å². The quantitative estimate of drug-likeness (QED) is 0.316. The van der Waals surface area contributed by atoms with Crippen LogP contribution in [0.1, 0.15) is 16.7 Å². The van der Waals surface area contributed by atoms with E-state index in [9.17, 15) is 9.59 Å². The lowest BCUT2D eigenvalue weighted by Crippen LogP contribution is -2.22. The van der Waals surface area contributed by atoms with Crippen LogP contribution in [-0.2, 0) is 4.79 Å². The van der Waals surface area contributed by atoms with Crippen LogP contribution in [0.25, 0.3) is 15.9 Å². The first-order chi connectivity index (χ1) is 15.4. The Morgan fingerprint density at radius 2 is 1.81 bits per heavy atom. The number of thioether (sulfide) groups is 1.